The van der Waals surface area contributed by atoms with Crippen LogP contribution in [0.3, 0.4) is 0 Å². The first-order valence-corrected chi connectivity index (χ1v) is 21.3. The summed E-state index contributed by atoms with van der Waals surface area (Å²) in [6.07, 6.45) is -9.71. The van der Waals surface area contributed by atoms with Gasteiger partial charge in [0.15, 0.2) is 18.9 Å². The third-order valence-electron chi connectivity index (χ3n) is 16.0. The van der Waals surface area contributed by atoms with Crippen molar-refractivity contribution in [2.75, 3.05) is 33.0 Å². The monoisotopic (exact) mass is 858 g/mol. The molecule has 20 atom stereocenters. The van der Waals surface area contributed by atoms with E-state index >= 15 is 0 Å². The van der Waals surface area contributed by atoms with Crippen LogP contribution in [-0.4, -0.2) is 182 Å². The number of fused-ring (bicyclic) bond motifs is 5. The second-order valence-corrected chi connectivity index (χ2v) is 19.2. The number of cyclic esters (lactones) is 1. The number of ether oxygens (including phenoxy) is 8. The summed E-state index contributed by atoms with van der Waals surface area (Å²) in [5.41, 5.74) is -4.96. The SMILES string of the molecule is CC(=O)OC1CC2(O)C3CCC4(O)CC(OC5CC(O)C(OC6OCC(O)C(OC7OCC(O)(CO)C7O)C6O)C(CO)O5)CCC4(C)C3CCC2(C)C1C1=CC(=O)OC1. The Morgan fingerprint density at radius 2 is 1.58 bits per heavy atom. The molecule has 4 heterocycles. The Hall–Kier alpha value is -1.92. The highest BCUT2D eigenvalue weighted by Crippen LogP contribution is 2.71. The van der Waals surface area contributed by atoms with Gasteiger partial charge in [0.05, 0.1) is 49.8 Å². The van der Waals surface area contributed by atoms with E-state index in [0.717, 1.165) is 5.57 Å². The molecule has 0 spiro atoms. The van der Waals surface area contributed by atoms with Crippen molar-refractivity contribution >= 4 is 11.9 Å². The molecule has 60 heavy (non-hydrogen) atoms. The second-order valence-electron chi connectivity index (χ2n) is 19.2. The average Bonchev–Trinajstić information content (AvgIpc) is 3.81. The highest BCUT2D eigenvalue weighted by Gasteiger charge is 2.73. The van der Waals surface area contributed by atoms with Crippen LogP contribution in [-0.2, 0) is 47.5 Å². The highest BCUT2D eigenvalue weighted by atomic mass is 16.7. The number of rotatable bonds is 10. The standard InChI is InChI=1S/C41H62O19/c1-19(44)56-26-13-41(52)23-6-9-40(51)12-21(4-7-37(40,2)22(23)5-8-38(41,3)30(26)20-10-28(47)53-15-20)57-29-11-24(45)32(27(14-42)58-29)59-35-31(48)33(25(46)16-54-35)60-36-34(49)39(50,17-43)18-55-36/h10,21-27,29-36,42-43,45-46,48-52H,4-9,11-18H2,1-3H3. The molecule has 3 saturated heterocycles. The van der Waals surface area contributed by atoms with Gasteiger partial charge in [-0.2, -0.15) is 0 Å². The van der Waals surface area contributed by atoms with E-state index in [-0.39, 0.29) is 44.3 Å². The molecular formula is C41H62O19. The first-order valence-electron chi connectivity index (χ1n) is 21.3. The third kappa shape index (κ3) is 7.26. The van der Waals surface area contributed by atoms with Crippen LogP contribution in [0.25, 0.3) is 0 Å². The molecular weight excluding hydrogens is 796 g/mol. The normalized spacial score (nSPS) is 52.8. The molecule has 8 aliphatic rings. The number of hydrogen-bond acceptors (Lipinski definition) is 19. The Morgan fingerprint density at radius 1 is 0.867 bits per heavy atom. The number of aliphatic hydroxyl groups excluding tert-OH is 6. The predicted octanol–water partition coefficient (Wildman–Crippen LogP) is -1.96. The summed E-state index contributed by atoms with van der Waals surface area (Å²) in [4.78, 5) is 24.4. The zero-order valence-corrected chi connectivity index (χ0v) is 34.2. The van der Waals surface area contributed by atoms with Crippen LogP contribution >= 0.6 is 0 Å². The van der Waals surface area contributed by atoms with E-state index in [0.29, 0.717) is 38.5 Å². The third-order valence-corrected chi connectivity index (χ3v) is 16.0. The molecule has 19 heteroatoms. The maximum Gasteiger partial charge on any atom is 0.331 e. The quantitative estimate of drug-likeness (QED) is 0.0852. The van der Waals surface area contributed by atoms with E-state index in [1.54, 1.807) is 0 Å². The van der Waals surface area contributed by atoms with E-state index in [9.17, 15) is 55.5 Å². The van der Waals surface area contributed by atoms with Crippen LogP contribution in [0.15, 0.2) is 11.6 Å². The molecule has 4 aliphatic heterocycles. The molecule has 8 rings (SSSR count). The summed E-state index contributed by atoms with van der Waals surface area (Å²) in [5, 5.41) is 98.8. The molecule has 20 unspecified atom stereocenters. The van der Waals surface area contributed by atoms with Gasteiger partial charge in [0.25, 0.3) is 0 Å². The first kappa shape index (κ1) is 44.7. The fourth-order valence-electron chi connectivity index (χ4n) is 12.7. The van der Waals surface area contributed by atoms with Crippen molar-refractivity contribution in [2.24, 2.45) is 28.6 Å². The lowest BCUT2D eigenvalue weighted by Crippen LogP contribution is -2.67. The van der Waals surface area contributed by atoms with E-state index in [4.69, 9.17) is 37.9 Å². The van der Waals surface area contributed by atoms with Crippen LogP contribution in [0, 0.1) is 28.6 Å². The zero-order valence-electron chi connectivity index (χ0n) is 34.2. The second kappa shape index (κ2) is 16.3. The fraction of sp³-hybridized carbons (Fsp3) is 0.902. The molecule has 19 nitrogen and oxygen atoms in total. The van der Waals surface area contributed by atoms with E-state index < -0.39 is 139 Å². The van der Waals surface area contributed by atoms with Gasteiger partial charge in [-0.25, -0.2) is 4.79 Å². The van der Waals surface area contributed by atoms with Gasteiger partial charge in [-0.3, -0.25) is 4.79 Å². The summed E-state index contributed by atoms with van der Waals surface area (Å²) < 4.78 is 45.9. The Kier molecular flexibility index (Phi) is 12.1. The summed E-state index contributed by atoms with van der Waals surface area (Å²) in [7, 11) is 0. The highest BCUT2D eigenvalue weighted by molar-refractivity contribution is 5.85. The summed E-state index contributed by atoms with van der Waals surface area (Å²) >= 11 is 0. The smallest absolute Gasteiger partial charge is 0.331 e. The molecule has 4 saturated carbocycles. The number of aliphatic hydroxyl groups is 9. The zero-order chi connectivity index (χ0) is 43.2. The fourth-order valence-corrected chi connectivity index (χ4v) is 12.7. The van der Waals surface area contributed by atoms with E-state index in [1.807, 2.05) is 6.92 Å². The first-order chi connectivity index (χ1) is 28.3. The lowest BCUT2D eigenvalue weighted by Gasteiger charge is -2.66. The minimum absolute atomic E-state index is 0.0603. The molecule has 7 fully saturated rings. The van der Waals surface area contributed by atoms with Gasteiger partial charge < -0.3 is 83.9 Å². The van der Waals surface area contributed by atoms with Crippen molar-refractivity contribution in [3.63, 3.8) is 0 Å². The van der Waals surface area contributed by atoms with Gasteiger partial charge in [-0.1, -0.05) is 13.8 Å². The Bertz CT molecular complexity index is 1650. The molecule has 4 aliphatic carbocycles. The molecule has 0 bridgehead atoms. The predicted molar refractivity (Wildman–Crippen MR) is 199 cm³/mol. The minimum atomic E-state index is -2.00. The van der Waals surface area contributed by atoms with Crippen LogP contribution in [0.1, 0.15) is 78.6 Å². The maximum atomic E-state index is 12.8. The number of hydrogen-bond donors (Lipinski definition) is 9. The van der Waals surface area contributed by atoms with Gasteiger partial charge >= 0.3 is 11.9 Å². The lowest BCUT2D eigenvalue weighted by atomic mass is 9.42. The van der Waals surface area contributed by atoms with Crippen molar-refractivity contribution < 1.29 is 93.4 Å². The number of esters is 2. The van der Waals surface area contributed by atoms with Crippen molar-refractivity contribution in [3.05, 3.63) is 11.6 Å². The molecule has 0 aromatic heterocycles. The van der Waals surface area contributed by atoms with Crippen molar-refractivity contribution in [1.82, 2.24) is 0 Å². The minimum Gasteiger partial charge on any atom is -0.462 e. The van der Waals surface area contributed by atoms with E-state index in [1.165, 1.54) is 13.0 Å². The molecule has 0 aromatic carbocycles. The van der Waals surface area contributed by atoms with Crippen molar-refractivity contribution in [2.45, 2.75) is 169 Å². The average molecular weight is 859 g/mol. The van der Waals surface area contributed by atoms with Crippen LogP contribution in [0.2, 0.25) is 0 Å². The number of carbonyl (C=O) groups is 2. The van der Waals surface area contributed by atoms with Crippen LogP contribution in [0.5, 0.6) is 0 Å². The van der Waals surface area contributed by atoms with Crippen molar-refractivity contribution in [3.8, 4) is 0 Å². The van der Waals surface area contributed by atoms with Crippen LogP contribution < -0.4 is 0 Å². The molecule has 9 N–H and O–H groups in total. The Labute approximate surface area is 347 Å². The Morgan fingerprint density at radius 3 is 2.25 bits per heavy atom. The molecule has 340 valence electrons. The molecule has 0 aromatic rings. The molecule has 0 radical (unpaired) electrons. The van der Waals surface area contributed by atoms with Gasteiger partial charge in [-0.15, -0.1) is 0 Å². The number of carbonyl (C=O) groups excluding carboxylic acids is 2. The van der Waals surface area contributed by atoms with Gasteiger partial charge in [0, 0.05) is 43.6 Å². The summed E-state index contributed by atoms with van der Waals surface area (Å²) in [6, 6.07) is 0. The van der Waals surface area contributed by atoms with Gasteiger partial charge in [-0.05, 0) is 61.3 Å². The van der Waals surface area contributed by atoms with Gasteiger partial charge in [0.1, 0.15) is 54.9 Å². The molecule has 0 amide bonds. The largest absolute Gasteiger partial charge is 0.462 e. The van der Waals surface area contributed by atoms with Crippen molar-refractivity contribution in [1.29, 1.82) is 0 Å². The summed E-state index contributed by atoms with van der Waals surface area (Å²) in [5.74, 6) is -1.56. The maximum absolute atomic E-state index is 12.8. The Balaban J connectivity index is 0.900. The lowest BCUT2D eigenvalue weighted by molar-refractivity contribution is -0.346. The van der Waals surface area contributed by atoms with Crippen LogP contribution in [0.4, 0.5) is 0 Å². The van der Waals surface area contributed by atoms with E-state index in [2.05, 4.69) is 6.92 Å². The topological polar surface area (TPSA) is 290 Å². The summed E-state index contributed by atoms with van der Waals surface area (Å²) in [6.45, 7) is 3.30. The van der Waals surface area contributed by atoms with Gasteiger partial charge in [0.2, 0.25) is 0 Å².